The summed E-state index contributed by atoms with van der Waals surface area (Å²) in [5.74, 6) is -1.31. The quantitative estimate of drug-likeness (QED) is 0.571. The Bertz CT molecular complexity index is 637. The molecule has 22 heavy (non-hydrogen) atoms. The number of amides is 2. The molecule has 0 aromatic carbocycles. The number of hydrogen-bond acceptors (Lipinski definition) is 6. The van der Waals surface area contributed by atoms with Crippen LogP contribution in [0, 0.1) is 0 Å². The van der Waals surface area contributed by atoms with Crippen LogP contribution in [0.4, 0.5) is 0 Å². The summed E-state index contributed by atoms with van der Waals surface area (Å²) >= 11 is 0. The molecule has 126 valence electrons. The largest absolute Gasteiger partial charge is 0.274 e. The van der Waals surface area contributed by atoms with E-state index in [-0.39, 0.29) is 32.2 Å². The van der Waals surface area contributed by atoms with Gasteiger partial charge in [-0.2, -0.15) is 0 Å². The van der Waals surface area contributed by atoms with Crippen LogP contribution in [0.5, 0.6) is 0 Å². The molecule has 0 aliphatic carbocycles. The van der Waals surface area contributed by atoms with Gasteiger partial charge in [0.2, 0.25) is 11.8 Å². The van der Waals surface area contributed by atoms with E-state index in [0.29, 0.717) is 15.1 Å². The van der Waals surface area contributed by atoms with E-state index in [4.69, 9.17) is 0 Å². The molecular formula is C12H20N2O6S2. The molecule has 10 heteroatoms. The molecule has 1 N–H and O–H groups in total. The number of nitrogens with zero attached hydrogens (tertiary/aromatic N) is 1. The van der Waals surface area contributed by atoms with Gasteiger partial charge >= 0.3 is 0 Å². The standard InChI is InChI=1S/C12H20N2O6S2/c1-4-14(22(19,20)6-3)12(16)10-8-7-9-11(15)13-21(17,18)5-2/h5-6H,2-4,7-10H2,1H3,(H,13,15). The van der Waals surface area contributed by atoms with Gasteiger partial charge in [0.15, 0.2) is 0 Å². The number of carbonyl (C=O) groups excluding carboxylic acids is 2. The van der Waals surface area contributed by atoms with Gasteiger partial charge in [-0.3, -0.25) is 9.59 Å². The number of nitrogens with one attached hydrogen (secondary N) is 1. The second-order valence-corrected chi connectivity index (χ2v) is 7.65. The number of rotatable bonds is 10. The van der Waals surface area contributed by atoms with Crippen molar-refractivity contribution in [2.24, 2.45) is 0 Å². The van der Waals surface area contributed by atoms with Crippen LogP contribution >= 0.6 is 0 Å². The number of carbonyl (C=O) groups is 2. The summed E-state index contributed by atoms with van der Waals surface area (Å²) in [6, 6.07) is 0. The normalized spacial score (nSPS) is 11.5. The van der Waals surface area contributed by atoms with E-state index in [2.05, 4.69) is 13.2 Å². The van der Waals surface area contributed by atoms with Gasteiger partial charge in [0.05, 0.1) is 0 Å². The zero-order valence-corrected chi connectivity index (χ0v) is 14.0. The number of sulfonamides is 2. The molecule has 0 aliphatic heterocycles. The van der Waals surface area contributed by atoms with Crippen LogP contribution in [0.25, 0.3) is 0 Å². The smallest absolute Gasteiger partial charge is 0.259 e. The van der Waals surface area contributed by atoms with Gasteiger partial charge < -0.3 is 0 Å². The molecule has 0 saturated carbocycles. The molecule has 0 aromatic heterocycles. The zero-order chi connectivity index (χ0) is 17.4. The summed E-state index contributed by atoms with van der Waals surface area (Å²) in [4.78, 5) is 23.1. The lowest BCUT2D eigenvalue weighted by Crippen LogP contribution is -2.35. The second-order valence-electron chi connectivity index (χ2n) is 4.21. The summed E-state index contributed by atoms with van der Waals surface area (Å²) in [5, 5.41) is 1.32. The minimum absolute atomic E-state index is 0.00868. The van der Waals surface area contributed by atoms with Gasteiger partial charge in [0.25, 0.3) is 20.0 Å². The highest BCUT2D eigenvalue weighted by Crippen LogP contribution is 2.09. The highest BCUT2D eigenvalue weighted by atomic mass is 32.2. The van der Waals surface area contributed by atoms with Gasteiger partial charge in [-0.1, -0.05) is 13.2 Å². The number of hydrogen-bond donors (Lipinski definition) is 1. The topological polar surface area (TPSA) is 118 Å². The summed E-state index contributed by atoms with van der Waals surface area (Å²) in [5.41, 5.74) is 0. The molecule has 0 bridgehead atoms. The third-order valence-electron chi connectivity index (χ3n) is 2.60. The van der Waals surface area contributed by atoms with Crippen molar-refractivity contribution in [2.45, 2.75) is 32.6 Å². The predicted molar refractivity (Wildman–Crippen MR) is 82.2 cm³/mol. The van der Waals surface area contributed by atoms with Crippen molar-refractivity contribution in [1.29, 1.82) is 0 Å². The maximum Gasteiger partial charge on any atom is 0.259 e. The third-order valence-corrected chi connectivity index (χ3v) is 5.05. The van der Waals surface area contributed by atoms with E-state index in [1.807, 2.05) is 0 Å². The van der Waals surface area contributed by atoms with Crippen molar-refractivity contribution >= 4 is 31.9 Å². The van der Waals surface area contributed by atoms with E-state index in [1.165, 1.54) is 6.92 Å². The fourth-order valence-corrected chi connectivity index (χ4v) is 2.94. The summed E-state index contributed by atoms with van der Waals surface area (Å²) in [6.07, 6.45) is 0.336. The second kappa shape index (κ2) is 8.69. The van der Waals surface area contributed by atoms with Crippen molar-refractivity contribution in [1.82, 2.24) is 9.03 Å². The van der Waals surface area contributed by atoms with Crippen LogP contribution in [-0.2, 0) is 29.6 Å². The summed E-state index contributed by atoms with van der Waals surface area (Å²) in [7, 11) is -7.63. The highest BCUT2D eigenvalue weighted by Gasteiger charge is 2.22. The fourth-order valence-electron chi connectivity index (χ4n) is 1.53. The summed E-state index contributed by atoms with van der Waals surface area (Å²) < 4.78 is 47.6. The molecule has 8 nitrogen and oxygen atoms in total. The number of unbranched alkanes of at least 4 members (excludes halogenated alkanes) is 1. The van der Waals surface area contributed by atoms with Crippen molar-refractivity contribution in [3.63, 3.8) is 0 Å². The molecule has 0 rings (SSSR count). The molecular weight excluding hydrogens is 332 g/mol. The molecule has 0 unspecified atom stereocenters. The Morgan fingerprint density at radius 3 is 2.05 bits per heavy atom. The van der Waals surface area contributed by atoms with Crippen LogP contribution in [-0.4, -0.2) is 39.5 Å². The Hall–Kier alpha value is -1.68. The van der Waals surface area contributed by atoms with Crippen molar-refractivity contribution in [3.8, 4) is 0 Å². The average Bonchev–Trinajstić information content (AvgIpc) is 2.43. The molecule has 0 aliphatic rings. The average molecular weight is 352 g/mol. The van der Waals surface area contributed by atoms with Crippen LogP contribution in [0.1, 0.15) is 32.6 Å². The SMILES string of the molecule is C=CS(=O)(=O)NC(=O)CCCCC(=O)N(CC)S(=O)(=O)C=C. The lowest BCUT2D eigenvalue weighted by molar-refractivity contribution is -0.126. The van der Waals surface area contributed by atoms with E-state index < -0.39 is 31.9 Å². The van der Waals surface area contributed by atoms with Crippen molar-refractivity contribution < 1.29 is 26.4 Å². The molecule has 0 radical (unpaired) electrons. The molecule has 0 heterocycles. The van der Waals surface area contributed by atoms with E-state index in [1.54, 1.807) is 4.72 Å². The van der Waals surface area contributed by atoms with E-state index >= 15 is 0 Å². The monoisotopic (exact) mass is 352 g/mol. The fraction of sp³-hybridized carbons (Fsp3) is 0.500. The van der Waals surface area contributed by atoms with Crippen molar-refractivity contribution in [3.05, 3.63) is 24.0 Å². The first-order chi connectivity index (χ1) is 10.1. The predicted octanol–water partition coefficient (Wildman–Crippen LogP) is 0.458. The first kappa shape index (κ1) is 20.3. The Labute approximate surface area is 131 Å². The van der Waals surface area contributed by atoms with Crippen LogP contribution in [0.15, 0.2) is 24.0 Å². The minimum atomic E-state index is -3.81. The first-order valence-corrected chi connectivity index (χ1v) is 9.50. The van der Waals surface area contributed by atoms with Gasteiger partial charge in [0, 0.05) is 30.2 Å². The van der Waals surface area contributed by atoms with Gasteiger partial charge in [0.1, 0.15) is 0 Å². The van der Waals surface area contributed by atoms with Crippen LogP contribution < -0.4 is 4.72 Å². The molecule has 0 spiro atoms. The minimum Gasteiger partial charge on any atom is -0.274 e. The Morgan fingerprint density at radius 1 is 1.05 bits per heavy atom. The van der Waals surface area contributed by atoms with Gasteiger partial charge in [-0.25, -0.2) is 25.9 Å². The molecule has 0 saturated heterocycles. The maximum atomic E-state index is 11.8. The Morgan fingerprint density at radius 2 is 1.59 bits per heavy atom. The van der Waals surface area contributed by atoms with Crippen molar-refractivity contribution in [2.75, 3.05) is 6.54 Å². The zero-order valence-electron chi connectivity index (χ0n) is 12.3. The molecule has 2 amide bonds. The van der Waals surface area contributed by atoms with Gasteiger partial charge in [-0.05, 0) is 19.8 Å². The first-order valence-electron chi connectivity index (χ1n) is 6.45. The maximum absolute atomic E-state index is 11.8. The molecule has 0 fully saturated rings. The Balaban J connectivity index is 4.32. The Kier molecular flexibility index (Phi) is 8.02. The summed E-state index contributed by atoms with van der Waals surface area (Å²) in [6.45, 7) is 7.70. The van der Waals surface area contributed by atoms with Gasteiger partial charge in [-0.15, -0.1) is 0 Å². The van der Waals surface area contributed by atoms with Crippen LogP contribution in [0.3, 0.4) is 0 Å². The van der Waals surface area contributed by atoms with E-state index in [9.17, 15) is 26.4 Å². The van der Waals surface area contributed by atoms with E-state index in [0.717, 1.165) is 0 Å². The lowest BCUT2D eigenvalue weighted by Gasteiger charge is -2.18. The lowest BCUT2D eigenvalue weighted by atomic mass is 10.2. The highest BCUT2D eigenvalue weighted by molar-refractivity contribution is 7.93. The molecule has 0 aromatic rings. The third kappa shape index (κ3) is 6.85. The molecule has 0 atom stereocenters. The van der Waals surface area contributed by atoms with Crippen LogP contribution in [0.2, 0.25) is 0 Å².